The fraction of sp³-hybridized carbons (Fsp3) is 0.619. The van der Waals surface area contributed by atoms with Gasteiger partial charge in [-0.3, -0.25) is 15.6 Å². The number of carbonyl (C=O) groups is 1. The third kappa shape index (κ3) is 11.8. The van der Waals surface area contributed by atoms with Gasteiger partial charge < -0.3 is 5.32 Å². The lowest BCUT2D eigenvalue weighted by atomic mass is 10.0. The molecule has 3 N–H and O–H groups in total. The number of unbranched alkanes of at least 4 members (excludes halogenated alkanes) is 1. The molecule has 0 saturated carbocycles. The van der Waals surface area contributed by atoms with E-state index in [1.165, 1.54) is 28.5 Å². The van der Waals surface area contributed by atoms with Crippen LogP contribution in [0, 0.1) is 13.8 Å². The molecule has 1 amide bonds. The quantitative estimate of drug-likeness (QED) is 0.229. The summed E-state index contributed by atoms with van der Waals surface area (Å²) in [4.78, 5) is 11.9. The Balaban J connectivity index is 2.22. The second-order valence-corrected chi connectivity index (χ2v) is 10.1. The standard InChI is InChI=1S/C21H35N5OS2/c1-15-11-12-17(14-16(15)2)10-8-9-13-29-19(27)24-23-18(28)22-21(6,7)26-25-20(3,4)5/h11-12,14H,8-10,13H2,1-7H3,(H,24,27)(H2,22,23,28). The lowest BCUT2D eigenvalue weighted by Gasteiger charge is -2.24. The highest BCUT2D eigenvalue weighted by atomic mass is 32.2. The minimum absolute atomic E-state index is 0.158. The Bertz CT molecular complexity index is 726. The average Bonchev–Trinajstić information content (AvgIpc) is 2.60. The number of azo groups is 1. The SMILES string of the molecule is Cc1ccc(CCCCSC(=O)NNC(=S)NC(C)(C)N=NC(C)(C)C)cc1C. The topological polar surface area (TPSA) is 77.9 Å². The number of hydrogen-bond donors (Lipinski definition) is 3. The second kappa shape index (κ2) is 11.5. The monoisotopic (exact) mass is 437 g/mol. The van der Waals surface area contributed by atoms with Crippen LogP contribution in [0.4, 0.5) is 4.79 Å². The Hall–Kier alpha value is -1.67. The maximum absolute atomic E-state index is 11.9. The number of hydrogen-bond acceptors (Lipinski definition) is 5. The Labute approximate surface area is 185 Å². The number of hydrazine groups is 1. The summed E-state index contributed by atoms with van der Waals surface area (Å²) in [5.41, 5.74) is 8.40. The molecule has 1 aromatic rings. The normalized spacial score (nSPS) is 12.1. The van der Waals surface area contributed by atoms with Crippen molar-refractivity contribution in [2.45, 2.75) is 78.9 Å². The molecule has 0 aliphatic carbocycles. The van der Waals surface area contributed by atoms with Crippen LogP contribution in [0.2, 0.25) is 0 Å². The lowest BCUT2D eigenvalue weighted by Crippen LogP contribution is -2.52. The molecule has 1 rings (SSSR count). The molecule has 0 fully saturated rings. The van der Waals surface area contributed by atoms with Crippen LogP contribution in [-0.2, 0) is 6.42 Å². The van der Waals surface area contributed by atoms with Crippen LogP contribution in [0.25, 0.3) is 0 Å². The Morgan fingerprint density at radius 3 is 2.34 bits per heavy atom. The fourth-order valence-electron chi connectivity index (χ4n) is 2.31. The summed E-state index contributed by atoms with van der Waals surface area (Å²) >= 11 is 6.46. The van der Waals surface area contributed by atoms with Gasteiger partial charge in [0, 0.05) is 5.75 Å². The summed E-state index contributed by atoms with van der Waals surface area (Å²) < 4.78 is 0. The van der Waals surface area contributed by atoms with Crippen molar-refractivity contribution in [3.63, 3.8) is 0 Å². The lowest BCUT2D eigenvalue weighted by molar-refractivity contribution is 0.259. The van der Waals surface area contributed by atoms with Crippen LogP contribution in [0.15, 0.2) is 28.4 Å². The fourth-order valence-corrected chi connectivity index (χ4v) is 3.27. The highest BCUT2D eigenvalue weighted by molar-refractivity contribution is 8.13. The largest absolute Gasteiger partial charge is 0.336 e. The highest BCUT2D eigenvalue weighted by Crippen LogP contribution is 2.14. The predicted octanol–water partition coefficient (Wildman–Crippen LogP) is 5.43. The second-order valence-electron chi connectivity index (χ2n) is 8.65. The molecule has 0 unspecified atom stereocenters. The molecule has 0 radical (unpaired) electrons. The average molecular weight is 438 g/mol. The summed E-state index contributed by atoms with van der Waals surface area (Å²) in [6.45, 7) is 13.9. The van der Waals surface area contributed by atoms with Crippen molar-refractivity contribution < 1.29 is 4.79 Å². The van der Waals surface area contributed by atoms with Gasteiger partial charge in [0.05, 0.1) is 5.54 Å². The first kappa shape index (κ1) is 25.4. The molecular formula is C21H35N5OS2. The zero-order valence-corrected chi connectivity index (χ0v) is 20.3. The number of thioether (sulfide) groups is 1. The van der Waals surface area contributed by atoms with Crippen molar-refractivity contribution in [2.24, 2.45) is 10.2 Å². The molecule has 0 heterocycles. The van der Waals surface area contributed by atoms with Crippen LogP contribution in [-0.4, -0.2) is 27.3 Å². The van der Waals surface area contributed by atoms with E-state index in [-0.39, 0.29) is 10.8 Å². The number of nitrogens with zero attached hydrogens (tertiary/aromatic N) is 2. The minimum Gasteiger partial charge on any atom is -0.336 e. The number of aryl methyl sites for hydroxylation is 3. The van der Waals surface area contributed by atoms with Gasteiger partial charge in [-0.1, -0.05) is 30.0 Å². The minimum atomic E-state index is -0.663. The van der Waals surface area contributed by atoms with Gasteiger partial charge in [-0.05, 0) is 96.6 Å². The number of benzene rings is 1. The van der Waals surface area contributed by atoms with E-state index in [9.17, 15) is 4.79 Å². The third-order valence-electron chi connectivity index (χ3n) is 3.96. The zero-order chi connectivity index (χ0) is 22.1. The van der Waals surface area contributed by atoms with Crippen molar-refractivity contribution in [2.75, 3.05) is 5.75 Å². The van der Waals surface area contributed by atoms with Crippen LogP contribution in [0.3, 0.4) is 0 Å². The molecule has 0 atom stereocenters. The number of amides is 1. The van der Waals surface area contributed by atoms with E-state index in [2.05, 4.69) is 58.4 Å². The first-order valence-electron chi connectivity index (χ1n) is 9.89. The molecular weight excluding hydrogens is 402 g/mol. The van der Waals surface area contributed by atoms with Crippen LogP contribution in [0.1, 0.15) is 64.2 Å². The van der Waals surface area contributed by atoms with Crippen molar-refractivity contribution >= 4 is 34.3 Å². The third-order valence-corrected chi connectivity index (χ3v) is 5.02. The van der Waals surface area contributed by atoms with Crippen molar-refractivity contribution in [3.05, 3.63) is 34.9 Å². The number of rotatable bonds is 7. The van der Waals surface area contributed by atoms with Gasteiger partial charge in [-0.25, -0.2) is 0 Å². The van der Waals surface area contributed by atoms with Crippen LogP contribution >= 0.6 is 24.0 Å². The van der Waals surface area contributed by atoms with Gasteiger partial charge in [0.25, 0.3) is 5.24 Å². The van der Waals surface area contributed by atoms with E-state index < -0.39 is 5.66 Å². The summed E-state index contributed by atoms with van der Waals surface area (Å²) in [6, 6.07) is 6.60. The van der Waals surface area contributed by atoms with Gasteiger partial charge in [0.2, 0.25) is 0 Å². The van der Waals surface area contributed by atoms with E-state index >= 15 is 0 Å². The van der Waals surface area contributed by atoms with E-state index in [4.69, 9.17) is 12.2 Å². The maximum atomic E-state index is 11.9. The highest BCUT2D eigenvalue weighted by Gasteiger charge is 2.19. The van der Waals surface area contributed by atoms with Crippen LogP contribution in [0.5, 0.6) is 0 Å². The first-order valence-corrected chi connectivity index (χ1v) is 11.3. The smallest absolute Gasteiger partial charge is 0.297 e. The van der Waals surface area contributed by atoms with Crippen molar-refractivity contribution in [1.29, 1.82) is 0 Å². The Morgan fingerprint density at radius 2 is 1.72 bits per heavy atom. The van der Waals surface area contributed by atoms with Crippen LogP contribution < -0.4 is 16.2 Å². The Morgan fingerprint density at radius 1 is 1.03 bits per heavy atom. The zero-order valence-electron chi connectivity index (χ0n) is 18.7. The molecule has 0 saturated heterocycles. The predicted molar refractivity (Wildman–Crippen MR) is 127 cm³/mol. The van der Waals surface area contributed by atoms with Gasteiger partial charge >= 0.3 is 0 Å². The molecule has 0 aliphatic rings. The molecule has 0 aromatic heterocycles. The van der Waals surface area contributed by atoms with E-state index in [1.54, 1.807) is 0 Å². The van der Waals surface area contributed by atoms with Gasteiger partial charge in [0.1, 0.15) is 5.66 Å². The van der Waals surface area contributed by atoms with Crippen molar-refractivity contribution in [3.8, 4) is 0 Å². The first-order chi connectivity index (χ1) is 13.4. The molecule has 0 aliphatic heterocycles. The van der Waals surface area contributed by atoms with E-state index in [1.807, 2.05) is 34.6 Å². The van der Waals surface area contributed by atoms with E-state index in [0.717, 1.165) is 25.0 Å². The Kier molecular flexibility index (Phi) is 10.1. The van der Waals surface area contributed by atoms with Gasteiger partial charge in [-0.2, -0.15) is 10.2 Å². The number of nitrogens with one attached hydrogen (secondary N) is 3. The van der Waals surface area contributed by atoms with Gasteiger partial charge in [0.15, 0.2) is 5.11 Å². The number of carbonyl (C=O) groups excluding carboxylic acids is 1. The molecule has 29 heavy (non-hydrogen) atoms. The molecule has 8 heteroatoms. The number of thiocarbonyl (C=S) groups is 1. The summed E-state index contributed by atoms with van der Waals surface area (Å²) in [7, 11) is 0. The molecule has 0 bridgehead atoms. The van der Waals surface area contributed by atoms with Gasteiger partial charge in [-0.15, -0.1) is 0 Å². The maximum Gasteiger partial charge on any atom is 0.297 e. The summed E-state index contributed by atoms with van der Waals surface area (Å²) in [6.07, 6.45) is 3.07. The summed E-state index contributed by atoms with van der Waals surface area (Å²) in [5, 5.41) is 11.7. The molecule has 162 valence electrons. The molecule has 0 spiro atoms. The van der Waals surface area contributed by atoms with E-state index in [0.29, 0.717) is 5.11 Å². The summed E-state index contributed by atoms with van der Waals surface area (Å²) in [5.74, 6) is 0.768. The van der Waals surface area contributed by atoms with Crippen molar-refractivity contribution in [1.82, 2.24) is 16.2 Å². The molecule has 1 aromatic carbocycles. The molecule has 6 nitrogen and oxygen atoms in total.